The van der Waals surface area contributed by atoms with Gasteiger partial charge in [-0.2, -0.15) is 0 Å². The van der Waals surface area contributed by atoms with Gasteiger partial charge >= 0.3 is 0 Å². The first kappa shape index (κ1) is 7.72. The number of aromatic nitrogens is 2. The smallest absolute Gasteiger partial charge is 0.222 e. The van der Waals surface area contributed by atoms with Gasteiger partial charge in [0.25, 0.3) is 0 Å². The molecule has 0 atom stereocenters. The third-order valence-corrected chi connectivity index (χ3v) is 1.58. The van der Waals surface area contributed by atoms with E-state index in [1.807, 2.05) is 0 Å². The van der Waals surface area contributed by atoms with Crippen molar-refractivity contribution < 1.29 is 8.91 Å². The second kappa shape index (κ2) is 2.85. The van der Waals surface area contributed by atoms with Gasteiger partial charge in [0.15, 0.2) is 5.82 Å². The molecule has 0 fully saturated rings. The molecule has 0 spiro atoms. The van der Waals surface area contributed by atoms with Crippen LogP contribution in [-0.4, -0.2) is 10.1 Å². The standard InChI is InChI=1S/C8H6FN3O/c9-6-4-11-2-1-5(6)7-3-8(10)13-12-7/h1-4H,10H2. The van der Waals surface area contributed by atoms with Crippen LogP contribution in [0.2, 0.25) is 0 Å². The van der Waals surface area contributed by atoms with Crippen LogP contribution in [0.4, 0.5) is 10.3 Å². The van der Waals surface area contributed by atoms with Crippen LogP contribution in [-0.2, 0) is 0 Å². The van der Waals surface area contributed by atoms with E-state index in [4.69, 9.17) is 5.73 Å². The summed E-state index contributed by atoms with van der Waals surface area (Å²) in [6.45, 7) is 0. The van der Waals surface area contributed by atoms with E-state index in [9.17, 15) is 4.39 Å². The summed E-state index contributed by atoms with van der Waals surface area (Å²) >= 11 is 0. The van der Waals surface area contributed by atoms with Gasteiger partial charge in [0.05, 0.1) is 6.20 Å². The highest BCUT2D eigenvalue weighted by Crippen LogP contribution is 2.21. The van der Waals surface area contributed by atoms with E-state index in [2.05, 4.69) is 14.7 Å². The van der Waals surface area contributed by atoms with Gasteiger partial charge in [0, 0.05) is 17.8 Å². The van der Waals surface area contributed by atoms with E-state index < -0.39 is 5.82 Å². The Labute approximate surface area is 73.2 Å². The van der Waals surface area contributed by atoms with E-state index in [0.29, 0.717) is 11.3 Å². The molecule has 0 aliphatic rings. The van der Waals surface area contributed by atoms with Gasteiger partial charge in [-0.05, 0) is 6.07 Å². The van der Waals surface area contributed by atoms with E-state index in [-0.39, 0.29) is 5.88 Å². The minimum absolute atomic E-state index is 0.159. The molecule has 0 amide bonds. The van der Waals surface area contributed by atoms with Crippen LogP contribution in [0.1, 0.15) is 0 Å². The number of pyridine rings is 1. The number of nitrogens with two attached hydrogens (primary N) is 1. The summed E-state index contributed by atoms with van der Waals surface area (Å²) in [6, 6.07) is 2.96. The number of anilines is 1. The zero-order chi connectivity index (χ0) is 9.26. The molecule has 2 N–H and O–H groups in total. The lowest BCUT2D eigenvalue weighted by molar-refractivity contribution is 0.438. The molecule has 0 saturated carbocycles. The van der Waals surface area contributed by atoms with Gasteiger partial charge in [-0.1, -0.05) is 5.16 Å². The summed E-state index contributed by atoms with van der Waals surface area (Å²) in [4.78, 5) is 3.61. The Morgan fingerprint density at radius 3 is 2.92 bits per heavy atom. The summed E-state index contributed by atoms with van der Waals surface area (Å²) in [6.07, 6.45) is 2.59. The fraction of sp³-hybridized carbons (Fsp3) is 0. The zero-order valence-electron chi connectivity index (χ0n) is 6.57. The van der Waals surface area contributed by atoms with E-state index in [0.717, 1.165) is 6.20 Å². The molecule has 2 heterocycles. The molecule has 4 nitrogen and oxygen atoms in total. The number of nitrogens with zero attached hydrogens (tertiary/aromatic N) is 2. The molecule has 2 aromatic heterocycles. The molecule has 0 aliphatic carbocycles. The molecule has 0 unspecified atom stereocenters. The van der Waals surface area contributed by atoms with E-state index in [1.54, 1.807) is 0 Å². The molecule has 2 aromatic rings. The lowest BCUT2D eigenvalue weighted by Gasteiger charge is -1.94. The SMILES string of the molecule is Nc1cc(-c2ccncc2F)no1. The Kier molecular flexibility index (Phi) is 1.70. The minimum atomic E-state index is -0.448. The molecule has 0 aliphatic heterocycles. The molecule has 2 rings (SSSR count). The maximum Gasteiger partial charge on any atom is 0.222 e. The van der Waals surface area contributed by atoms with Crippen molar-refractivity contribution in [3.8, 4) is 11.3 Å². The van der Waals surface area contributed by atoms with Crippen LogP contribution < -0.4 is 5.73 Å². The summed E-state index contributed by atoms with van der Waals surface area (Å²) in [5.74, 6) is -0.290. The average molecular weight is 179 g/mol. The second-order valence-electron chi connectivity index (χ2n) is 2.47. The maximum atomic E-state index is 13.1. The molecule has 0 bridgehead atoms. The molecule has 13 heavy (non-hydrogen) atoms. The Morgan fingerprint density at radius 2 is 2.31 bits per heavy atom. The van der Waals surface area contributed by atoms with Crippen molar-refractivity contribution in [2.75, 3.05) is 5.73 Å². The van der Waals surface area contributed by atoms with Crippen molar-refractivity contribution in [2.24, 2.45) is 0 Å². The monoisotopic (exact) mass is 179 g/mol. The first-order chi connectivity index (χ1) is 6.27. The Hall–Kier alpha value is -1.91. The number of rotatable bonds is 1. The number of hydrogen-bond donors (Lipinski definition) is 1. The topological polar surface area (TPSA) is 64.9 Å². The third kappa shape index (κ3) is 1.35. The quantitative estimate of drug-likeness (QED) is 0.719. The molecular weight excluding hydrogens is 173 g/mol. The van der Waals surface area contributed by atoms with Crippen molar-refractivity contribution in [3.05, 3.63) is 30.3 Å². The van der Waals surface area contributed by atoms with Crippen LogP contribution in [0.5, 0.6) is 0 Å². The van der Waals surface area contributed by atoms with Crippen LogP contribution in [0, 0.1) is 5.82 Å². The number of halogens is 1. The largest absolute Gasteiger partial charge is 0.368 e. The van der Waals surface area contributed by atoms with Gasteiger partial charge in [-0.3, -0.25) is 4.98 Å². The van der Waals surface area contributed by atoms with Gasteiger partial charge in [-0.15, -0.1) is 0 Å². The fourth-order valence-corrected chi connectivity index (χ4v) is 0.999. The first-order valence-corrected chi connectivity index (χ1v) is 3.59. The Morgan fingerprint density at radius 1 is 1.46 bits per heavy atom. The average Bonchev–Trinajstić information content (AvgIpc) is 2.53. The van der Waals surface area contributed by atoms with E-state index in [1.165, 1.54) is 18.3 Å². The summed E-state index contributed by atoms with van der Waals surface area (Å²) in [5.41, 5.74) is 6.00. The lowest BCUT2D eigenvalue weighted by atomic mass is 10.2. The van der Waals surface area contributed by atoms with Gasteiger partial charge in [-0.25, -0.2) is 4.39 Å². The second-order valence-corrected chi connectivity index (χ2v) is 2.47. The predicted molar refractivity (Wildman–Crippen MR) is 44.1 cm³/mol. The predicted octanol–water partition coefficient (Wildman–Crippen LogP) is 1.46. The molecular formula is C8H6FN3O. The molecule has 5 heteroatoms. The molecule has 0 saturated heterocycles. The van der Waals surface area contributed by atoms with Crippen LogP contribution in [0.15, 0.2) is 29.0 Å². The van der Waals surface area contributed by atoms with Crippen molar-refractivity contribution in [3.63, 3.8) is 0 Å². The normalized spacial score (nSPS) is 10.2. The van der Waals surface area contributed by atoms with Gasteiger partial charge in [0.1, 0.15) is 5.69 Å². The highest BCUT2D eigenvalue weighted by atomic mass is 19.1. The van der Waals surface area contributed by atoms with Crippen LogP contribution in [0.25, 0.3) is 11.3 Å². The van der Waals surface area contributed by atoms with Crippen LogP contribution >= 0.6 is 0 Å². The van der Waals surface area contributed by atoms with Gasteiger partial charge < -0.3 is 10.3 Å². The van der Waals surface area contributed by atoms with Crippen molar-refractivity contribution >= 4 is 5.88 Å². The Bertz CT molecular complexity index is 427. The highest BCUT2D eigenvalue weighted by molar-refractivity contribution is 5.60. The molecule has 66 valence electrons. The van der Waals surface area contributed by atoms with Crippen LogP contribution in [0.3, 0.4) is 0 Å². The maximum absolute atomic E-state index is 13.1. The molecule has 0 aromatic carbocycles. The first-order valence-electron chi connectivity index (χ1n) is 3.59. The zero-order valence-corrected chi connectivity index (χ0v) is 6.57. The fourth-order valence-electron chi connectivity index (χ4n) is 0.999. The van der Waals surface area contributed by atoms with Crippen molar-refractivity contribution in [1.82, 2.24) is 10.1 Å². The van der Waals surface area contributed by atoms with Crippen molar-refractivity contribution in [2.45, 2.75) is 0 Å². The minimum Gasteiger partial charge on any atom is -0.368 e. The van der Waals surface area contributed by atoms with Crippen molar-refractivity contribution in [1.29, 1.82) is 0 Å². The Balaban J connectivity index is 2.52. The van der Waals surface area contributed by atoms with E-state index >= 15 is 0 Å². The summed E-state index contributed by atoms with van der Waals surface area (Å²) in [5, 5.41) is 3.58. The summed E-state index contributed by atoms with van der Waals surface area (Å²) < 4.78 is 17.7. The highest BCUT2D eigenvalue weighted by Gasteiger charge is 2.08. The lowest BCUT2D eigenvalue weighted by Crippen LogP contribution is -1.84. The number of hydrogen-bond acceptors (Lipinski definition) is 4. The van der Waals surface area contributed by atoms with Gasteiger partial charge in [0.2, 0.25) is 5.88 Å². The third-order valence-electron chi connectivity index (χ3n) is 1.58. The molecule has 0 radical (unpaired) electrons. The summed E-state index contributed by atoms with van der Waals surface area (Å²) in [7, 11) is 0. The number of nitrogen functional groups attached to an aromatic ring is 1.